The Morgan fingerprint density at radius 3 is 1.91 bits per heavy atom. The Bertz CT molecular complexity index is 1080. The van der Waals surface area contributed by atoms with Gasteiger partial charge in [0.2, 0.25) is 0 Å². The molecule has 0 bridgehead atoms. The van der Waals surface area contributed by atoms with Gasteiger partial charge in [-0.05, 0) is 23.3 Å². The average molecular weight is 441 g/mol. The summed E-state index contributed by atoms with van der Waals surface area (Å²) in [5.41, 5.74) is 3.07. The molecule has 33 heavy (non-hydrogen) atoms. The van der Waals surface area contributed by atoms with E-state index in [-0.39, 0.29) is 11.9 Å². The van der Waals surface area contributed by atoms with E-state index in [9.17, 15) is 9.59 Å². The SMILES string of the molecule is O=C1[C@@H](c2ccccc2)N(Cc2ccccc2)C(=O)N1CN1CCN(c2ccccc2)CC1. The molecule has 0 N–H and O–H groups in total. The number of para-hydroxylation sites is 1. The maximum absolute atomic E-state index is 13.5. The third-order valence-electron chi connectivity index (χ3n) is 6.43. The largest absolute Gasteiger partial charge is 0.369 e. The molecule has 0 aromatic heterocycles. The van der Waals surface area contributed by atoms with Crippen LogP contribution in [0, 0.1) is 0 Å². The number of piperazine rings is 1. The van der Waals surface area contributed by atoms with Crippen LogP contribution in [0.4, 0.5) is 10.5 Å². The van der Waals surface area contributed by atoms with Crippen molar-refractivity contribution in [2.45, 2.75) is 12.6 Å². The summed E-state index contributed by atoms with van der Waals surface area (Å²) in [7, 11) is 0. The lowest BCUT2D eigenvalue weighted by Gasteiger charge is -2.37. The third kappa shape index (κ3) is 4.47. The monoisotopic (exact) mass is 440 g/mol. The van der Waals surface area contributed by atoms with Crippen LogP contribution in [0.1, 0.15) is 17.2 Å². The summed E-state index contributed by atoms with van der Waals surface area (Å²) in [6, 6.07) is 29.0. The van der Waals surface area contributed by atoms with Crippen molar-refractivity contribution >= 4 is 17.6 Å². The third-order valence-corrected chi connectivity index (χ3v) is 6.43. The minimum absolute atomic E-state index is 0.146. The first-order valence-electron chi connectivity index (χ1n) is 11.4. The van der Waals surface area contributed by atoms with Crippen molar-refractivity contribution in [3.05, 3.63) is 102 Å². The van der Waals surface area contributed by atoms with Gasteiger partial charge in [0, 0.05) is 38.4 Å². The fourth-order valence-electron chi connectivity index (χ4n) is 4.65. The molecule has 2 aliphatic rings. The van der Waals surface area contributed by atoms with Crippen LogP contribution in [0.5, 0.6) is 0 Å². The lowest BCUT2D eigenvalue weighted by atomic mass is 10.1. The van der Waals surface area contributed by atoms with Crippen molar-refractivity contribution in [2.75, 3.05) is 37.7 Å². The molecule has 1 atom stereocenters. The number of nitrogens with zero attached hydrogens (tertiary/aromatic N) is 4. The van der Waals surface area contributed by atoms with E-state index in [2.05, 4.69) is 21.9 Å². The van der Waals surface area contributed by atoms with E-state index >= 15 is 0 Å². The highest BCUT2D eigenvalue weighted by molar-refractivity contribution is 6.04. The second kappa shape index (κ2) is 9.46. The number of amides is 3. The Balaban J connectivity index is 1.31. The van der Waals surface area contributed by atoms with Crippen molar-refractivity contribution in [1.82, 2.24) is 14.7 Å². The van der Waals surface area contributed by atoms with Gasteiger partial charge in [0.25, 0.3) is 5.91 Å². The van der Waals surface area contributed by atoms with E-state index in [1.54, 1.807) is 4.90 Å². The summed E-state index contributed by atoms with van der Waals surface area (Å²) in [4.78, 5) is 34.6. The van der Waals surface area contributed by atoms with Gasteiger partial charge >= 0.3 is 6.03 Å². The molecule has 2 heterocycles. The molecule has 6 heteroatoms. The van der Waals surface area contributed by atoms with Gasteiger partial charge in [0.15, 0.2) is 0 Å². The summed E-state index contributed by atoms with van der Waals surface area (Å²) >= 11 is 0. The van der Waals surface area contributed by atoms with Crippen molar-refractivity contribution in [2.24, 2.45) is 0 Å². The predicted molar refractivity (Wildman–Crippen MR) is 129 cm³/mol. The van der Waals surface area contributed by atoms with Gasteiger partial charge in [-0.2, -0.15) is 0 Å². The number of urea groups is 1. The van der Waals surface area contributed by atoms with Crippen molar-refractivity contribution in [3.8, 4) is 0 Å². The highest BCUT2D eigenvalue weighted by Crippen LogP contribution is 2.32. The van der Waals surface area contributed by atoms with Crippen molar-refractivity contribution < 1.29 is 9.59 Å². The minimum atomic E-state index is -0.593. The van der Waals surface area contributed by atoms with Gasteiger partial charge in [-0.3, -0.25) is 9.69 Å². The van der Waals surface area contributed by atoms with Crippen molar-refractivity contribution in [3.63, 3.8) is 0 Å². The topological polar surface area (TPSA) is 47.1 Å². The lowest BCUT2D eigenvalue weighted by molar-refractivity contribution is -0.130. The maximum atomic E-state index is 13.5. The summed E-state index contributed by atoms with van der Waals surface area (Å²) in [5, 5.41) is 0. The van der Waals surface area contributed by atoms with Crippen LogP contribution in [-0.4, -0.2) is 59.5 Å². The highest BCUT2D eigenvalue weighted by atomic mass is 16.2. The second-order valence-corrected chi connectivity index (χ2v) is 8.56. The van der Waals surface area contributed by atoms with Gasteiger partial charge in [-0.1, -0.05) is 78.9 Å². The van der Waals surface area contributed by atoms with E-state index in [0.29, 0.717) is 13.2 Å². The molecular formula is C27H28N4O2. The highest BCUT2D eigenvalue weighted by Gasteiger charge is 2.46. The summed E-state index contributed by atoms with van der Waals surface area (Å²) in [5.74, 6) is -0.146. The smallest absolute Gasteiger partial charge is 0.329 e. The molecule has 6 nitrogen and oxygen atoms in total. The molecule has 5 rings (SSSR count). The molecule has 2 saturated heterocycles. The number of benzene rings is 3. The molecule has 0 unspecified atom stereocenters. The zero-order chi connectivity index (χ0) is 22.6. The first-order chi connectivity index (χ1) is 16.2. The Kier molecular flexibility index (Phi) is 6.09. The normalized spacial score (nSPS) is 19.4. The lowest BCUT2D eigenvalue weighted by Crippen LogP contribution is -2.51. The molecule has 0 saturated carbocycles. The van der Waals surface area contributed by atoms with E-state index in [0.717, 1.165) is 37.3 Å². The summed E-state index contributed by atoms with van der Waals surface area (Å²) < 4.78 is 0. The Labute approximate surface area is 194 Å². The molecular weight excluding hydrogens is 412 g/mol. The number of imide groups is 1. The Morgan fingerprint density at radius 1 is 0.697 bits per heavy atom. The second-order valence-electron chi connectivity index (χ2n) is 8.56. The molecule has 0 aliphatic carbocycles. The van der Waals surface area contributed by atoms with Crippen LogP contribution >= 0.6 is 0 Å². The zero-order valence-corrected chi connectivity index (χ0v) is 18.6. The number of carbonyl (C=O) groups excluding carboxylic acids is 2. The summed E-state index contributed by atoms with van der Waals surface area (Å²) in [6.07, 6.45) is 0. The molecule has 2 fully saturated rings. The van der Waals surface area contributed by atoms with Crippen LogP contribution < -0.4 is 4.90 Å². The van der Waals surface area contributed by atoms with E-state index in [1.807, 2.05) is 78.9 Å². The molecule has 0 spiro atoms. The van der Waals surface area contributed by atoms with Crippen LogP contribution in [0.2, 0.25) is 0 Å². The zero-order valence-electron chi connectivity index (χ0n) is 18.6. The van der Waals surface area contributed by atoms with Crippen LogP contribution in [0.15, 0.2) is 91.0 Å². The molecule has 3 aromatic carbocycles. The van der Waals surface area contributed by atoms with Gasteiger partial charge in [-0.25, -0.2) is 9.69 Å². The fraction of sp³-hybridized carbons (Fsp3) is 0.259. The van der Waals surface area contributed by atoms with E-state index in [1.165, 1.54) is 10.6 Å². The predicted octanol–water partition coefficient (Wildman–Crippen LogP) is 3.97. The molecule has 2 aliphatic heterocycles. The van der Waals surface area contributed by atoms with Gasteiger partial charge < -0.3 is 9.80 Å². The standard InChI is InChI=1S/C27H28N4O2/c32-26-25(23-12-6-2-7-13-23)30(20-22-10-4-1-5-11-22)27(33)31(26)21-28-16-18-29(19-17-28)24-14-8-3-9-15-24/h1-15,25H,16-21H2/t25-/m1/s1. The first-order valence-corrected chi connectivity index (χ1v) is 11.4. The van der Waals surface area contributed by atoms with E-state index in [4.69, 9.17) is 0 Å². The number of anilines is 1. The first kappa shape index (κ1) is 21.2. The van der Waals surface area contributed by atoms with Gasteiger partial charge in [-0.15, -0.1) is 0 Å². The number of hydrogen-bond acceptors (Lipinski definition) is 4. The Morgan fingerprint density at radius 2 is 1.27 bits per heavy atom. The van der Waals surface area contributed by atoms with Gasteiger partial charge in [0.05, 0.1) is 6.67 Å². The van der Waals surface area contributed by atoms with Crippen LogP contribution in [-0.2, 0) is 11.3 Å². The van der Waals surface area contributed by atoms with Crippen molar-refractivity contribution in [1.29, 1.82) is 0 Å². The average Bonchev–Trinajstić information content (AvgIpc) is 3.10. The Hall–Kier alpha value is -3.64. The van der Waals surface area contributed by atoms with Crippen LogP contribution in [0.25, 0.3) is 0 Å². The minimum Gasteiger partial charge on any atom is -0.369 e. The number of hydrogen-bond donors (Lipinski definition) is 0. The number of carbonyl (C=O) groups is 2. The summed E-state index contributed by atoms with van der Waals surface area (Å²) in [6.45, 7) is 4.09. The fourth-order valence-corrected chi connectivity index (χ4v) is 4.65. The van der Waals surface area contributed by atoms with Crippen LogP contribution in [0.3, 0.4) is 0 Å². The molecule has 3 amide bonds. The quantitative estimate of drug-likeness (QED) is 0.544. The molecule has 168 valence electrons. The molecule has 0 radical (unpaired) electrons. The maximum Gasteiger partial charge on any atom is 0.329 e. The van der Waals surface area contributed by atoms with E-state index < -0.39 is 6.04 Å². The number of rotatable bonds is 6. The van der Waals surface area contributed by atoms with Gasteiger partial charge in [0.1, 0.15) is 6.04 Å². The molecule has 3 aromatic rings.